The Morgan fingerprint density at radius 3 is 1.45 bits per heavy atom. The molecule has 7 heteroatoms. The van der Waals surface area contributed by atoms with Crippen LogP contribution in [0.4, 0.5) is 0 Å². The average Bonchev–Trinajstić information content (AvgIpc) is 3.18. The van der Waals surface area contributed by atoms with Gasteiger partial charge in [-0.05, 0) is 32.1 Å². The van der Waals surface area contributed by atoms with Crippen LogP contribution in [0.5, 0.6) is 0 Å². The molecule has 0 N–H and O–H groups in total. The summed E-state index contributed by atoms with van der Waals surface area (Å²) < 4.78 is 49.7. The zero-order valence-corrected chi connectivity index (χ0v) is 31.0. The highest BCUT2D eigenvalue weighted by Crippen LogP contribution is 2.38. The van der Waals surface area contributed by atoms with Crippen molar-refractivity contribution in [1.29, 1.82) is 0 Å². The van der Waals surface area contributed by atoms with Gasteiger partial charge in [0.05, 0.1) is 27.8 Å². The second-order valence-corrected chi connectivity index (χ2v) is 18.2. The summed E-state index contributed by atoms with van der Waals surface area (Å²) in [6.07, 6.45) is -3.56. The van der Waals surface area contributed by atoms with Gasteiger partial charge in [0.1, 0.15) is 24.4 Å². The van der Waals surface area contributed by atoms with Crippen LogP contribution >= 0.6 is 0 Å². The van der Waals surface area contributed by atoms with Crippen molar-refractivity contribution >= 4 is 18.7 Å². The zero-order valence-electron chi connectivity index (χ0n) is 31.0. The van der Waals surface area contributed by atoms with E-state index in [9.17, 15) is 1.37 Å². The Bertz CT molecular complexity index is 1720. The van der Waals surface area contributed by atoms with Gasteiger partial charge in [-0.3, -0.25) is 0 Å². The number of hydrogen-bond donors (Lipinski definition) is 0. The fourth-order valence-corrected chi connectivity index (χ4v) is 11.5. The van der Waals surface area contributed by atoms with Crippen LogP contribution in [0.25, 0.3) is 0 Å². The van der Waals surface area contributed by atoms with E-state index in [2.05, 4.69) is 69.3 Å². The van der Waals surface area contributed by atoms with E-state index in [0.717, 1.165) is 27.1 Å². The molecule has 6 nitrogen and oxygen atoms in total. The average molecular weight is 704 g/mol. The van der Waals surface area contributed by atoms with Gasteiger partial charge in [0.15, 0.2) is 6.29 Å². The van der Waals surface area contributed by atoms with Crippen LogP contribution in [0.3, 0.4) is 0 Å². The van der Waals surface area contributed by atoms with Crippen LogP contribution in [-0.2, 0) is 47.9 Å². The lowest BCUT2D eigenvalue weighted by Gasteiger charge is -2.48. The number of ether oxygens (including phenoxy) is 5. The molecule has 0 saturated carbocycles. The highest BCUT2D eigenvalue weighted by Gasteiger charge is 2.53. The first kappa shape index (κ1) is 35.5. The topological polar surface area (TPSA) is 55.4 Å². The van der Waals surface area contributed by atoms with E-state index in [1.54, 1.807) is 7.11 Å². The molecule has 0 aliphatic carbocycles. The molecule has 1 saturated heterocycles. The summed E-state index contributed by atoms with van der Waals surface area (Å²) in [7, 11) is -1.34. The molecule has 5 aromatic carbocycles. The van der Waals surface area contributed by atoms with Crippen molar-refractivity contribution in [3.05, 3.63) is 168 Å². The maximum atomic E-state index is 9.21. The van der Waals surface area contributed by atoms with Crippen molar-refractivity contribution in [2.75, 3.05) is 13.7 Å². The molecule has 0 bridgehead atoms. The van der Waals surface area contributed by atoms with Crippen LogP contribution in [0.15, 0.2) is 152 Å². The van der Waals surface area contributed by atoms with Gasteiger partial charge in [-0.2, -0.15) is 0 Å². The van der Waals surface area contributed by atoms with Crippen molar-refractivity contribution in [3.63, 3.8) is 0 Å². The molecule has 6 atom stereocenters. The summed E-state index contributed by atoms with van der Waals surface area (Å²) >= 11 is 0. The van der Waals surface area contributed by atoms with Crippen molar-refractivity contribution in [3.8, 4) is 0 Å². The predicted octanol–water partition coefficient (Wildman–Crippen LogP) is 7.69. The minimum atomic E-state index is -2.96. The molecule has 51 heavy (non-hydrogen) atoms. The molecule has 1 aliphatic rings. The third kappa shape index (κ3) is 8.94. The SMILES string of the molecule is [2H][C@@H](O[C@H]1[C@H](OCc2ccccc2)[C@@H](OCc2ccccc2)[C@@H](OC)O[C@@H]1CO[Si](c1ccccc1)(c1ccccc1)C(C)(C)C)c1ccccc1. The molecule has 266 valence electrons. The Morgan fingerprint density at radius 1 is 0.569 bits per heavy atom. The van der Waals surface area contributed by atoms with Crippen LogP contribution in [0.2, 0.25) is 5.04 Å². The largest absolute Gasteiger partial charge is 0.405 e. The number of hydrogen-bond acceptors (Lipinski definition) is 6. The van der Waals surface area contributed by atoms with Crippen LogP contribution in [-0.4, -0.2) is 52.7 Å². The van der Waals surface area contributed by atoms with Gasteiger partial charge in [-0.25, -0.2) is 0 Å². The van der Waals surface area contributed by atoms with E-state index in [0.29, 0.717) is 13.2 Å². The molecule has 0 radical (unpaired) electrons. The van der Waals surface area contributed by atoms with Crippen LogP contribution < -0.4 is 10.4 Å². The zero-order chi connectivity index (χ0) is 36.4. The van der Waals surface area contributed by atoms with Gasteiger partial charge in [0.2, 0.25) is 0 Å². The first-order valence-electron chi connectivity index (χ1n) is 18.2. The molecule has 0 amide bonds. The molecule has 6 rings (SSSR count). The molecule has 1 aliphatic heterocycles. The summed E-state index contributed by atoms with van der Waals surface area (Å²) in [4.78, 5) is 0. The Kier molecular flexibility index (Phi) is 12.2. The second-order valence-electron chi connectivity index (χ2n) is 13.9. The smallest absolute Gasteiger partial charge is 0.261 e. The van der Waals surface area contributed by atoms with Crippen molar-refractivity contribution < 1.29 is 29.5 Å². The molecule has 0 unspecified atom stereocenters. The van der Waals surface area contributed by atoms with E-state index in [4.69, 9.17) is 28.1 Å². The van der Waals surface area contributed by atoms with E-state index >= 15 is 0 Å². The third-order valence-corrected chi connectivity index (χ3v) is 14.4. The highest BCUT2D eigenvalue weighted by atomic mass is 28.4. The van der Waals surface area contributed by atoms with Gasteiger partial charge in [0, 0.05) is 7.11 Å². The first-order chi connectivity index (χ1) is 25.3. The first-order valence-corrected chi connectivity index (χ1v) is 19.6. The van der Waals surface area contributed by atoms with Crippen LogP contribution in [0.1, 0.15) is 38.8 Å². The highest BCUT2D eigenvalue weighted by molar-refractivity contribution is 6.99. The Labute approximate surface area is 305 Å². The van der Waals surface area contributed by atoms with Gasteiger partial charge in [0.25, 0.3) is 8.32 Å². The molecule has 1 heterocycles. The van der Waals surface area contributed by atoms with Gasteiger partial charge >= 0.3 is 0 Å². The molecule has 1 fully saturated rings. The third-order valence-electron chi connectivity index (χ3n) is 9.44. The predicted molar refractivity (Wildman–Crippen MR) is 204 cm³/mol. The molecule has 0 spiro atoms. The Hall–Kier alpha value is -3.92. The van der Waals surface area contributed by atoms with E-state index in [1.165, 1.54) is 0 Å². The Balaban J connectivity index is 1.40. The molecule has 5 aromatic rings. The second kappa shape index (κ2) is 17.5. The lowest BCUT2D eigenvalue weighted by atomic mass is 9.98. The molecule has 0 aromatic heterocycles. The summed E-state index contributed by atoms with van der Waals surface area (Å²) in [5.41, 5.74) is 2.75. The maximum absolute atomic E-state index is 9.21. The fourth-order valence-electron chi connectivity index (χ4n) is 6.92. The maximum Gasteiger partial charge on any atom is 0.261 e. The lowest BCUT2D eigenvalue weighted by molar-refractivity contribution is -0.320. The number of rotatable bonds is 15. The number of benzene rings is 5. The van der Waals surface area contributed by atoms with E-state index in [1.807, 2.05) is 103 Å². The van der Waals surface area contributed by atoms with E-state index < -0.39 is 45.6 Å². The van der Waals surface area contributed by atoms with Crippen molar-refractivity contribution in [2.24, 2.45) is 0 Å². The van der Waals surface area contributed by atoms with E-state index in [-0.39, 0.29) is 11.6 Å². The summed E-state index contributed by atoms with van der Waals surface area (Å²) in [6, 6.07) is 50.7. The Morgan fingerprint density at radius 2 is 1.00 bits per heavy atom. The fraction of sp³-hybridized carbons (Fsp3) is 0.318. The summed E-state index contributed by atoms with van der Waals surface area (Å²) in [5, 5.41) is 2.07. The van der Waals surface area contributed by atoms with Crippen molar-refractivity contribution in [2.45, 2.75) is 76.3 Å². The number of methoxy groups -OCH3 is 1. The standard InChI is InChI=1S/C44H50O6Si/c1-44(2,3)51(37-26-16-8-17-27-37,38-28-18-9-19-29-38)49-33-39-40(46-30-34-20-10-5-11-21-34)41(47-31-35-22-12-6-13-23-35)42(43(45-4)50-39)48-32-36-24-14-7-15-25-36/h5-29,39-43H,30-33H2,1-4H3/t39-,40-,41+,42-,43+/m1/s1/i30D/t30-,39-,40-,41+,42-,43+. The monoisotopic (exact) mass is 703 g/mol. The lowest BCUT2D eigenvalue weighted by Crippen LogP contribution is -2.68. The quantitative estimate of drug-likeness (QED) is 0.104. The van der Waals surface area contributed by atoms with Gasteiger partial charge in [-0.1, -0.05) is 172 Å². The molecular formula is C44H50O6Si. The van der Waals surface area contributed by atoms with Crippen LogP contribution in [0, 0.1) is 0 Å². The van der Waals surface area contributed by atoms with Crippen molar-refractivity contribution in [1.82, 2.24) is 0 Å². The summed E-state index contributed by atoms with van der Waals surface area (Å²) in [5.74, 6) is 0. The van der Waals surface area contributed by atoms with Gasteiger partial charge < -0.3 is 28.1 Å². The minimum Gasteiger partial charge on any atom is -0.405 e. The normalized spacial score (nSPS) is 21.9. The summed E-state index contributed by atoms with van der Waals surface area (Å²) in [6.45, 7) is 6.55. The molecular weight excluding hydrogens is 653 g/mol. The minimum absolute atomic E-state index is 0.177. The van der Waals surface area contributed by atoms with Gasteiger partial charge in [-0.15, -0.1) is 0 Å².